The van der Waals surface area contributed by atoms with E-state index in [2.05, 4.69) is 62.5 Å². The molecule has 61 heavy (non-hydrogen) atoms. The van der Waals surface area contributed by atoms with Crippen molar-refractivity contribution in [3.63, 3.8) is 0 Å². The van der Waals surface area contributed by atoms with Crippen molar-refractivity contribution in [3.05, 3.63) is 48.6 Å². The summed E-state index contributed by atoms with van der Waals surface area (Å²) >= 11 is 0. The molecule has 0 aromatic carbocycles. The van der Waals surface area contributed by atoms with Gasteiger partial charge < -0.3 is 23.8 Å². The number of hydrogen-bond donors (Lipinski definition) is 1. The Kier molecular flexibility index (Phi) is 42.0. The highest BCUT2D eigenvalue weighted by Gasteiger charge is 2.31. The van der Waals surface area contributed by atoms with Crippen molar-refractivity contribution in [2.75, 3.05) is 41.0 Å². The van der Waals surface area contributed by atoms with E-state index in [-0.39, 0.29) is 36.2 Å². The van der Waals surface area contributed by atoms with Gasteiger partial charge in [0.05, 0.1) is 34.4 Å². The van der Waals surface area contributed by atoms with Crippen molar-refractivity contribution in [3.8, 4) is 0 Å². The van der Waals surface area contributed by atoms with Gasteiger partial charge in [0.1, 0.15) is 6.61 Å². The molecule has 354 valence electrons. The largest absolute Gasteiger partial charge is 0.477 e. The number of carbonyl (C=O) groups excluding carboxylic acids is 2. The first kappa shape index (κ1) is 58.3. The summed E-state index contributed by atoms with van der Waals surface area (Å²) in [5, 5.41) is 9.65. The zero-order valence-corrected chi connectivity index (χ0v) is 40.4. The van der Waals surface area contributed by atoms with Crippen molar-refractivity contribution in [2.24, 2.45) is 0 Å². The van der Waals surface area contributed by atoms with Crippen LogP contribution >= 0.6 is 0 Å². The number of unbranched alkanes of at least 4 members (excludes halogenated alkanes) is 24. The van der Waals surface area contributed by atoms with E-state index >= 15 is 0 Å². The van der Waals surface area contributed by atoms with Crippen molar-refractivity contribution >= 4 is 17.9 Å². The van der Waals surface area contributed by atoms with E-state index in [1.807, 2.05) is 21.1 Å². The molecular weight excluding hydrogens is 763 g/mol. The third-order valence-corrected chi connectivity index (χ3v) is 11.2. The predicted octanol–water partition coefficient (Wildman–Crippen LogP) is 14.4. The number of allylic oxidation sites excluding steroid dienone is 8. The monoisotopic (exact) mass is 859 g/mol. The average molecular weight is 859 g/mol. The Morgan fingerprint density at radius 2 is 0.967 bits per heavy atom. The number of quaternary nitrogens is 1. The van der Waals surface area contributed by atoms with Crippen LogP contribution in [0.25, 0.3) is 0 Å². The van der Waals surface area contributed by atoms with Crippen molar-refractivity contribution in [1.82, 2.24) is 0 Å². The minimum Gasteiger partial charge on any atom is -0.477 e. The van der Waals surface area contributed by atoms with Gasteiger partial charge in [0.2, 0.25) is 0 Å². The lowest BCUT2D eigenvalue weighted by molar-refractivity contribution is -0.887. The molecule has 0 aromatic rings. The summed E-state index contributed by atoms with van der Waals surface area (Å²) in [6, 6.07) is -0.619. The molecule has 0 amide bonds. The molecule has 0 spiro atoms. The minimum atomic E-state index is -0.878. The van der Waals surface area contributed by atoms with Crippen LogP contribution in [0.1, 0.15) is 219 Å². The van der Waals surface area contributed by atoms with Crippen molar-refractivity contribution in [1.29, 1.82) is 0 Å². The van der Waals surface area contributed by atoms with Gasteiger partial charge in [-0.15, -0.1) is 0 Å². The quantitative estimate of drug-likeness (QED) is 0.0214. The fourth-order valence-electron chi connectivity index (χ4n) is 7.36. The van der Waals surface area contributed by atoms with Gasteiger partial charge >= 0.3 is 17.9 Å². The number of nitrogens with zero attached hydrogens (tertiary/aromatic N) is 1. The summed E-state index contributed by atoms with van der Waals surface area (Å²) in [5.74, 6) is -1.49. The normalized spacial score (nSPS) is 13.3. The second kappa shape index (κ2) is 43.9. The van der Waals surface area contributed by atoms with E-state index < -0.39 is 18.1 Å². The summed E-state index contributed by atoms with van der Waals surface area (Å²) in [6.45, 7) is 4.62. The number of carboxylic acid groups (broad SMARTS) is 1. The van der Waals surface area contributed by atoms with Crippen LogP contribution in [0.4, 0.5) is 0 Å². The molecule has 1 N–H and O–H groups in total. The van der Waals surface area contributed by atoms with E-state index in [1.54, 1.807) is 0 Å². The number of ether oxygens (including phenoxy) is 3. The third kappa shape index (κ3) is 42.4. The van der Waals surface area contributed by atoms with Crippen LogP contribution in [0, 0.1) is 0 Å². The summed E-state index contributed by atoms with van der Waals surface area (Å²) in [7, 11) is 5.53. The second-order valence-corrected chi connectivity index (χ2v) is 18.1. The highest BCUT2D eigenvalue weighted by Crippen LogP contribution is 2.16. The zero-order chi connectivity index (χ0) is 44.9. The molecule has 0 aliphatic heterocycles. The second-order valence-electron chi connectivity index (χ2n) is 18.1. The molecule has 8 heteroatoms. The first-order chi connectivity index (χ1) is 29.6. The SMILES string of the molecule is CC/C=C/C/C=C/CCCCCCCCCCCCCCCCC(=O)OC(COCCC(C(=O)O)[N+](C)(C)C)COC(=O)CCCCC/C=C/C=C/CCCCCCCCC. The highest BCUT2D eigenvalue weighted by molar-refractivity contribution is 5.72. The molecule has 2 unspecified atom stereocenters. The molecule has 0 bridgehead atoms. The number of aliphatic carboxylic acids is 1. The predicted molar refractivity (Wildman–Crippen MR) is 257 cm³/mol. The maximum Gasteiger partial charge on any atom is 0.362 e. The topological polar surface area (TPSA) is 99.1 Å². The molecule has 8 nitrogen and oxygen atoms in total. The summed E-state index contributed by atoms with van der Waals surface area (Å²) in [6.07, 6.45) is 53.1. The van der Waals surface area contributed by atoms with Gasteiger partial charge in [-0.25, -0.2) is 4.79 Å². The van der Waals surface area contributed by atoms with Gasteiger partial charge in [-0.05, 0) is 64.2 Å². The van der Waals surface area contributed by atoms with Gasteiger partial charge in [-0.2, -0.15) is 0 Å². The van der Waals surface area contributed by atoms with Crippen LogP contribution < -0.4 is 0 Å². The molecule has 0 aliphatic rings. The van der Waals surface area contributed by atoms with E-state index in [0.717, 1.165) is 64.2 Å². The molecular formula is C53H96NO7+. The van der Waals surface area contributed by atoms with E-state index in [1.165, 1.54) is 122 Å². The molecule has 0 aromatic heterocycles. The van der Waals surface area contributed by atoms with E-state index in [4.69, 9.17) is 14.2 Å². The Bertz CT molecular complexity index is 1140. The Morgan fingerprint density at radius 1 is 0.525 bits per heavy atom. The van der Waals surface area contributed by atoms with E-state index in [0.29, 0.717) is 19.3 Å². The Hall–Kier alpha value is -2.71. The summed E-state index contributed by atoms with van der Waals surface area (Å²) in [5.41, 5.74) is 0. The third-order valence-electron chi connectivity index (χ3n) is 11.2. The lowest BCUT2D eigenvalue weighted by Gasteiger charge is -2.31. The molecule has 0 saturated heterocycles. The smallest absolute Gasteiger partial charge is 0.362 e. The first-order valence-electron chi connectivity index (χ1n) is 25.2. The van der Waals surface area contributed by atoms with Crippen LogP contribution in [0.15, 0.2) is 48.6 Å². The number of hydrogen-bond acceptors (Lipinski definition) is 6. The van der Waals surface area contributed by atoms with Crippen molar-refractivity contribution in [2.45, 2.75) is 231 Å². The van der Waals surface area contributed by atoms with Gasteiger partial charge in [-0.3, -0.25) is 9.59 Å². The van der Waals surface area contributed by atoms with Crippen LogP contribution in [0.3, 0.4) is 0 Å². The van der Waals surface area contributed by atoms with Gasteiger partial charge in [0.15, 0.2) is 12.1 Å². The first-order valence-corrected chi connectivity index (χ1v) is 25.2. The fourth-order valence-corrected chi connectivity index (χ4v) is 7.36. The number of carbonyl (C=O) groups is 3. The fraction of sp³-hybridized carbons (Fsp3) is 0.792. The lowest BCUT2D eigenvalue weighted by Crippen LogP contribution is -2.50. The number of rotatable bonds is 45. The van der Waals surface area contributed by atoms with Crippen LogP contribution in [0.5, 0.6) is 0 Å². The van der Waals surface area contributed by atoms with Crippen molar-refractivity contribution < 1.29 is 38.2 Å². The molecule has 0 saturated carbocycles. The highest BCUT2D eigenvalue weighted by atomic mass is 16.6. The molecule has 0 aliphatic carbocycles. The molecule has 0 radical (unpaired) electrons. The Balaban J connectivity index is 4.27. The maximum absolute atomic E-state index is 12.8. The minimum absolute atomic E-state index is 0.0533. The summed E-state index contributed by atoms with van der Waals surface area (Å²) in [4.78, 5) is 37.1. The van der Waals surface area contributed by atoms with Crippen LogP contribution in [-0.4, -0.2) is 80.6 Å². The number of likely N-dealkylation sites (N-methyl/N-ethyl adjacent to an activating group) is 1. The standard InChI is InChI=1S/C53H95NO7/c1-6-8-10-12-14-16-18-20-22-24-25-26-27-28-30-32-34-36-38-40-42-44-52(56)61-49(47-59-46-45-50(53(57)58)54(3,4)5)48-60-51(55)43-41-39-37-35-33-31-29-23-21-19-17-15-13-11-9-7-2/h8,10,14,16,23,29,31,33,49-50H,6-7,9,11-13,15,17-22,24-28,30,32,34-48H2,1-5H3/p+1/b10-8+,16-14+,29-23+,33-31+. The van der Waals surface area contributed by atoms with Crippen LogP contribution in [-0.2, 0) is 28.6 Å². The zero-order valence-electron chi connectivity index (χ0n) is 40.4. The average Bonchev–Trinajstić information content (AvgIpc) is 3.22. The van der Waals surface area contributed by atoms with Gasteiger partial charge in [0.25, 0.3) is 0 Å². The molecule has 2 atom stereocenters. The molecule has 0 fully saturated rings. The molecule has 0 rings (SSSR count). The van der Waals surface area contributed by atoms with Gasteiger partial charge in [0, 0.05) is 19.3 Å². The summed E-state index contributed by atoms with van der Waals surface area (Å²) < 4.78 is 17.3. The lowest BCUT2D eigenvalue weighted by atomic mass is 10.0. The molecule has 0 heterocycles. The van der Waals surface area contributed by atoms with Crippen LogP contribution in [0.2, 0.25) is 0 Å². The maximum atomic E-state index is 12.8. The Morgan fingerprint density at radius 3 is 1.46 bits per heavy atom. The Labute approximate surface area is 376 Å². The van der Waals surface area contributed by atoms with E-state index in [9.17, 15) is 19.5 Å². The van der Waals surface area contributed by atoms with Gasteiger partial charge in [-0.1, -0.05) is 184 Å². The number of esters is 2. The number of carboxylic acids is 1.